The summed E-state index contributed by atoms with van der Waals surface area (Å²) in [6.07, 6.45) is 0.584. The van der Waals surface area contributed by atoms with Crippen LogP contribution in [0.25, 0.3) is 0 Å². The normalized spacial score (nSPS) is 12.0. The van der Waals surface area contributed by atoms with Crippen molar-refractivity contribution in [2.45, 2.75) is 11.8 Å². The van der Waals surface area contributed by atoms with Gasteiger partial charge in [-0.1, -0.05) is 47.5 Å². The van der Waals surface area contributed by atoms with Gasteiger partial charge in [-0.3, -0.25) is 0 Å². The number of benzene rings is 2. The van der Waals surface area contributed by atoms with Crippen molar-refractivity contribution < 1.29 is 9.47 Å². The molecule has 2 aromatic rings. The average Bonchev–Trinajstić information content (AvgIpc) is 2.49. The van der Waals surface area contributed by atoms with Crippen LogP contribution in [0.4, 0.5) is 0 Å². The summed E-state index contributed by atoms with van der Waals surface area (Å²) in [6, 6.07) is 11.3. The summed E-state index contributed by atoms with van der Waals surface area (Å²) in [4.78, 5) is 0. The first-order valence-electron chi connectivity index (χ1n) is 6.36. The molecule has 112 valence electrons. The van der Waals surface area contributed by atoms with Gasteiger partial charge in [0, 0.05) is 10.6 Å². The first kappa shape index (κ1) is 16.3. The fraction of sp³-hybridized carbons (Fsp3) is 0.250. The number of hydrogen-bond donors (Lipinski definition) is 0. The minimum Gasteiger partial charge on any atom is -0.495 e. The molecule has 0 aliphatic rings. The van der Waals surface area contributed by atoms with Crippen molar-refractivity contribution in [1.29, 1.82) is 0 Å². The lowest BCUT2D eigenvalue weighted by molar-refractivity contribution is 0.391. The third kappa shape index (κ3) is 3.57. The van der Waals surface area contributed by atoms with Crippen LogP contribution in [0.2, 0.25) is 10.0 Å². The Hall–Kier alpha value is -1.09. The Bertz CT molecular complexity index is 629. The molecule has 0 aliphatic carbocycles. The minimum atomic E-state index is -0.303. The first-order chi connectivity index (χ1) is 10.1. The standard InChI is InChI=1S/C16H15Cl3O2/c1-20-14-8-7-11(16(21-2)15(14)19)13(18)9-10-5-3-4-6-12(10)17/h3-8,13H,9H2,1-2H3. The van der Waals surface area contributed by atoms with Crippen molar-refractivity contribution in [1.82, 2.24) is 0 Å². The lowest BCUT2D eigenvalue weighted by Crippen LogP contribution is -2.01. The summed E-state index contributed by atoms with van der Waals surface area (Å²) < 4.78 is 10.6. The molecule has 5 heteroatoms. The van der Waals surface area contributed by atoms with Gasteiger partial charge < -0.3 is 9.47 Å². The first-order valence-corrected chi connectivity index (χ1v) is 7.55. The lowest BCUT2D eigenvalue weighted by Gasteiger charge is -2.17. The summed E-state index contributed by atoms with van der Waals surface area (Å²) in [7, 11) is 3.12. The molecule has 0 N–H and O–H groups in total. The van der Waals surface area contributed by atoms with E-state index in [-0.39, 0.29) is 5.38 Å². The van der Waals surface area contributed by atoms with Gasteiger partial charge in [-0.2, -0.15) is 0 Å². The summed E-state index contributed by atoms with van der Waals surface area (Å²) in [6.45, 7) is 0. The third-order valence-electron chi connectivity index (χ3n) is 3.21. The largest absolute Gasteiger partial charge is 0.495 e. The molecular formula is C16H15Cl3O2. The Morgan fingerprint density at radius 1 is 1.00 bits per heavy atom. The fourth-order valence-corrected chi connectivity index (χ4v) is 3.01. The van der Waals surface area contributed by atoms with E-state index in [4.69, 9.17) is 44.3 Å². The van der Waals surface area contributed by atoms with Crippen LogP contribution in [-0.4, -0.2) is 14.2 Å². The highest BCUT2D eigenvalue weighted by atomic mass is 35.5. The third-order valence-corrected chi connectivity index (χ3v) is 4.33. The monoisotopic (exact) mass is 344 g/mol. The zero-order valence-electron chi connectivity index (χ0n) is 11.7. The highest BCUT2D eigenvalue weighted by Crippen LogP contribution is 2.42. The van der Waals surface area contributed by atoms with Gasteiger partial charge in [0.1, 0.15) is 16.5 Å². The van der Waals surface area contributed by atoms with Crippen molar-refractivity contribution in [3.63, 3.8) is 0 Å². The Morgan fingerprint density at radius 3 is 2.33 bits per heavy atom. The smallest absolute Gasteiger partial charge is 0.145 e. The van der Waals surface area contributed by atoms with Crippen LogP contribution in [-0.2, 0) is 6.42 Å². The van der Waals surface area contributed by atoms with Crippen molar-refractivity contribution in [3.05, 3.63) is 57.6 Å². The van der Waals surface area contributed by atoms with Crippen LogP contribution in [0.3, 0.4) is 0 Å². The number of halogens is 3. The summed E-state index contributed by atoms with van der Waals surface area (Å²) >= 11 is 19.0. The van der Waals surface area contributed by atoms with Gasteiger partial charge >= 0.3 is 0 Å². The van der Waals surface area contributed by atoms with Gasteiger partial charge in [-0.15, -0.1) is 11.6 Å². The van der Waals surface area contributed by atoms with E-state index in [0.29, 0.717) is 28.0 Å². The number of alkyl halides is 1. The minimum absolute atomic E-state index is 0.303. The molecule has 1 atom stereocenters. The predicted molar refractivity (Wildman–Crippen MR) is 88.3 cm³/mol. The predicted octanol–water partition coefficient (Wildman–Crippen LogP) is 5.53. The van der Waals surface area contributed by atoms with E-state index in [1.807, 2.05) is 30.3 Å². The molecule has 0 aromatic heterocycles. The topological polar surface area (TPSA) is 18.5 Å². The van der Waals surface area contributed by atoms with Crippen LogP contribution in [0.1, 0.15) is 16.5 Å². The summed E-state index contributed by atoms with van der Waals surface area (Å²) in [5, 5.41) is 0.812. The van der Waals surface area contributed by atoms with Crippen molar-refractivity contribution in [3.8, 4) is 11.5 Å². The lowest BCUT2D eigenvalue weighted by atomic mass is 10.0. The molecule has 0 heterocycles. The van der Waals surface area contributed by atoms with Gasteiger partial charge in [0.05, 0.1) is 19.6 Å². The van der Waals surface area contributed by atoms with Crippen molar-refractivity contribution in [2.75, 3.05) is 14.2 Å². The molecular weight excluding hydrogens is 331 g/mol. The summed E-state index contributed by atoms with van der Waals surface area (Å²) in [5.41, 5.74) is 1.79. The second-order valence-electron chi connectivity index (χ2n) is 4.47. The molecule has 0 spiro atoms. The second-order valence-corrected chi connectivity index (χ2v) is 5.78. The molecule has 1 unspecified atom stereocenters. The maximum atomic E-state index is 6.53. The molecule has 21 heavy (non-hydrogen) atoms. The molecule has 0 saturated carbocycles. The van der Waals surface area contributed by atoms with E-state index in [2.05, 4.69) is 0 Å². The van der Waals surface area contributed by atoms with Crippen LogP contribution < -0.4 is 9.47 Å². The average molecular weight is 346 g/mol. The molecule has 0 amide bonds. The fourth-order valence-electron chi connectivity index (χ4n) is 2.13. The van der Waals surface area contributed by atoms with Gasteiger partial charge in [0.15, 0.2) is 0 Å². The zero-order chi connectivity index (χ0) is 15.4. The molecule has 2 rings (SSSR count). The van der Waals surface area contributed by atoms with E-state index < -0.39 is 0 Å². The highest BCUT2D eigenvalue weighted by molar-refractivity contribution is 6.34. The SMILES string of the molecule is COc1ccc(C(Cl)Cc2ccccc2Cl)c(OC)c1Cl. The number of hydrogen-bond acceptors (Lipinski definition) is 2. The van der Waals surface area contributed by atoms with E-state index in [0.717, 1.165) is 11.1 Å². The molecule has 0 fully saturated rings. The molecule has 2 aromatic carbocycles. The molecule has 0 bridgehead atoms. The maximum Gasteiger partial charge on any atom is 0.145 e. The number of rotatable bonds is 5. The Balaban J connectivity index is 2.33. The maximum absolute atomic E-state index is 6.53. The van der Waals surface area contributed by atoms with Gasteiger partial charge in [-0.25, -0.2) is 0 Å². The Morgan fingerprint density at radius 2 is 1.71 bits per heavy atom. The van der Waals surface area contributed by atoms with E-state index in [1.54, 1.807) is 20.3 Å². The van der Waals surface area contributed by atoms with Crippen LogP contribution in [0.15, 0.2) is 36.4 Å². The highest BCUT2D eigenvalue weighted by Gasteiger charge is 2.20. The molecule has 0 saturated heterocycles. The number of methoxy groups -OCH3 is 2. The van der Waals surface area contributed by atoms with Crippen LogP contribution >= 0.6 is 34.8 Å². The van der Waals surface area contributed by atoms with Gasteiger partial charge in [-0.05, 0) is 24.1 Å². The Kier molecular flexibility index (Phi) is 5.63. The van der Waals surface area contributed by atoms with Gasteiger partial charge in [0.25, 0.3) is 0 Å². The van der Waals surface area contributed by atoms with E-state index >= 15 is 0 Å². The van der Waals surface area contributed by atoms with Crippen molar-refractivity contribution in [2.24, 2.45) is 0 Å². The van der Waals surface area contributed by atoms with Crippen molar-refractivity contribution >= 4 is 34.8 Å². The van der Waals surface area contributed by atoms with E-state index in [9.17, 15) is 0 Å². The molecule has 2 nitrogen and oxygen atoms in total. The molecule has 0 radical (unpaired) electrons. The second kappa shape index (κ2) is 7.26. The summed E-state index contributed by atoms with van der Waals surface area (Å²) in [5.74, 6) is 1.09. The van der Waals surface area contributed by atoms with Gasteiger partial charge in [0.2, 0.25) is 0 Å². The Labute approximate surface area is 139 Å². The van der Waals surface area contributed by atoms with Crippen LogP contribution in [0.5, 0.6) is 11.5 Å². The number of ether oxygens (including phenoxy) is 2. The molecule has 0 aliphatic heterocycles. The zero-order valence-corrected chi connectivity index (χ0v) is 14.0. The quantitative estimate of drug-likeness (QED) is 0.663. The van der Waals surface area contributed by atoms with Crippen LogP contribution in [0, 0.1) is 0 Å². The van der Waals surface area contributed by atoms with E-state index in [1.165, 1.54) is 0 Å².